The van der Waals surface area contributed by atoms with E-state index in [0.29, 0.717) is 16.4 Å². The van der Waals surface area contributed by atoms with E-state index in [4.69, 9.17) is 17.3 Å². The molecule has 0 saturated heterocycles. The molecule has 3 N–H and O–H groups in total. The SMILES string of the molecule is CCCc1cc(N)c2cc(NC(=O)/C=C/c3cccc(Cl)c3)ccc2n1. The van der Waals surface area contributed by atoms with Gasteiger partial charge in [0.25, 0.3) is 0 Å². The Morgan fingerprint density at radius 3 is 2.85 bits per heavy atom. The van der Waals surface area contributed by atoms with Crippen molar-refractivity contribution in [2.45, 2.75) is 19.8 Å². The molecule has 4 nitrogen and oxygen atoms in total. The van der Waals surface area contributed by atoms with E-state index in [9.17, 15) is 4.79 Å². The van der Waals surface area contributed by atoms with Gasteiger partial charge in [0.2, 0.25) is 5.91 Å². The summed E-state index contributed by atoms with van der Waals surface area (Å²) in [5, 5.41) is 4.31. The van der Waals surface area contributed by atoms with Crippen LogP contribution in [0.25, 0.3) is 17.0 Å². The topological polar surface area (TPSA) is 68.0 Å². The van der Waals surface area contributed by atoms with E-state index in [1.54, 1.807) is 18.2 Å². The van der Waals surface area contributed by atoms with Gasteiger partial charge in [-0.2, -0.15) is 0 Å². The maximum absolute atomic E-state index is 12.2. The van der Waals surface area contributed by atoms with Crippen molar-refractivity contribution >= 4 is 45.9 Å². The third-order valence-electron chi connectivity index (χ3n) is 3.94. The van der Waals surface area contributed by atoms with Crippen LogP contribution in [0.4, 0.5) is 11.4 Å². The maximum Gasteiger partial charge on any atom is 0.248 e. The number of anilines is 2. The minimum Gasteiger partial charge on any atom is -0.398 e. The fourth-order valence-corrected chi connectivity index (χ4v) is 2.94. The van der Waals surface area contributed by atoms with Gasteiger partial charge in [-0.25, -0.2) is 0 Å². The Kier molecular flexibility index (Phi) is 5.54. The summed E-state index contributed by atoms with van der Waals surface area (Å²) in [7, 11) is 0. The van der Waals surface area contributed by atoms with Crippen LogP contribution in [0, 0.1) is 0 Å². The van der Waals surface area contributed by atoms with Crippen LogP contribution in [-0.4, -0.2) is 10.9 Å². The molecule has 0 aliphatic carbocycles. The number of nitrogens with two attached hydrogens (primary N) is 1. The largest absolute Gasteiger partial charge is 0.398 e. The second kappa shape index (κ2) is 8.02. The van der Waals surface area contributed by atoms with Crippen molar-refractivity contribution in [3.8, 4) is 0 Å². The molecule has 1 amide bonds. The molecule has 132 valence electrons. The third kappa shape index (κ3) is 4.41. The summed E-state index contributed by atoms with van der Waals surface area (Å²) in [6.07, 6.45) is 5.11. The molecule has 0 aliphatic rings. The highest BCUT2D eigenvalue weighted by atomic mass is 35.5. The molecular weight excluding hydrogens is 346 g/mol. The van der Waals surface area contributed by atoms with Crippen molar-refractivity contribution < 1.29 is 4.79 Å². The average molecular weight is 366 g/mol. The van der Waals surface area contributed by atoms with Gasteiger partial charge in [-0.05, 0) is 54.5 Å². The number of nitrogens with one attached hydrogen (secondary N) is 1. The van der Waals surface area contributed by atoms with Gasteiger partial charge in [-0.15, -0.1) is 0 Å². The molecule has 0 aliphatic heterocycles. The number of amides is 1. The van der Waals surface area contributed by atoms with Crippen molar-refractivity contribution in [1.29, 1.82) is 0 Å². The molecule has 5 heteroatoms. The summed E-state index contributed by atoms with van der Waals surface area (Å²) in [5.74, 6) is -0.224. The van der Waals surface area contributed by atoms with Crippen molar-refractivity contribution in [2.24, 2.45) is 0 Å². The van der Waals surface area contributed by atoms with E-state index < -0.39 is 0 Å². The Bertz CT molecular complexity index is 982. The summed E-state index contributed by atoms with van der Waals surface area (Å²) in [4.78, 5) is 16.8. The van der Waals surface area contributed by atoms with Gasteiger partial charge < -0.3 is 11.1 Å². The zero-order valence-electron chi connectivity index (χ0n) is 14.5. The number of pyridine rings is 1. The highest BCUT2D eigenvalue weighted by Crippen LogP contribution is 2.24. The highest BCUT2D eigenvalue weighted by molar-refractivity contribution is 6.30. The number of carbonyl (C=O) groups is 1. The second-order valence-electron chi connectivity index (χ2n) is 6.06. The van der Waals surface area contributed by atoms with E-state index in [1.807, 2.05) is 36.4 Å². The molecular formula is C21H20ClN3O. The van der Waals surface area contributed by atoms with Gasteiger partial charge in [0.05, 0.1) is 5.52 Å². The lowest BCUT2D eigenvalue weighted by molar-refractivity contribution is -0.111. The predicted octanol–water partition coefficient (Wildman–Crippen LogP) is 5.07. The number of nitrogens with zero attached hydrogens (tertiary/aromatic N) is 1. The summed E-state index contributed by atoms with van der Waals surface area (Å²) in [5.41, 5.74) is 10.2. The second-order valence-corrected chi connectivity index (χ2v) is 6.50. The molecule has 0 bridgehead atoms. The van der Waals surface area contributed by atoms with Crippen molar-refractivity contribution in [1.82, 2.24) is 4.98 Å². The van der Waals surface area contributed by atoms with Gasteiger partial charge in [0.1, 0.15) is 0 Å². The molecule has 1 aromatic heterocycles. The van der Waals surface area contributed by atoms with E-state index in [0.717, 1.165) is 35.0 Å². The number of carbonyl (C=O) groups excluding carboxylic acids is 1. The minimum atomic E-state index is -0.224. The Morgan fingerprint density at radius 2 is 2.08 bits per heavy atom. The van der Waals surface area contributed by atoms with Crippen LogP contribution in [-0.2, 0) is 11.2 Å². The van der Waals surface area contributed by atoms with Crippen LogP contribution in [0.15, 0.2) is 54.6 Å². The van der Waals surface area contributed by atoms with Crippen LogP contribution in [0.5, 0.6) is 0 Å². The molecule has 0 fully saturated rings. The molecule has 0 unspecified atom stereocenters. The van der Waals surface area contributed by atoms with E-state index in [1.165, 1.54) is 6.08 Å². The van der Waals surface area contributed by atoms with Gasteiger partial charge in [-0.3, -0.25) is 9.78 Å². The molecule has 26 heavy (non-hydrogen) atoms. The minimum absolute atomic E-state index is 0.224. The lowest BCUT2D eigenvalue weighted by Gasteiger charge is -2.08. The number of rotatable bonds is 5. The molecule has 0 spiro atoms. The number of aryl methyl sites for hydroxylation is 1. The molecule has 0 radical (unpaired) electrons. The van der Waals surface area contributed by atoms with Gasteiger partial charge in [0, 0.05) is 33.6 Å². The quantitative estimate of drug-likeness (QED) is 0.620. The van der Waals surface area contributed by atoms with E-state index in [2.05, 4.69) is 17.2 Å². The van der Waals surface area contributed by atoms with Crippen LogP contribution < -0.4 is 11.1 Å². The van der Waals surface area contributed by atoms with Crippen molar-refractivity contribution in [2.75, 3.05) is 11.1 Å². The third-order valence-corrected chi connectivity index (χ3v) is 4.18. The first-order valence-electron chi connectivity index (χ1n) is 8.49. The summed E-state index contributed by atoms with van der Waals surface area (Å²) in [6, 6.07) is 14.8. The Balaban J connectivity index is 1.77. The van der Waals surface area contributed by atoms with Crippen molar-refractivity contribution in [3.63, 3.8) is 0 Å². The Hall–Kier alpha value is -2.85. The number of hydrogen-bond donors (Lipinski definition) is 2. The lowest BCUT2D eigenvalue weighted by Crippen LogP contribution is -2.08. The molecule has 2 aromatic carbocycles. The fourth-order valence-electron chi connectivity index (χ4n) is 2.74. The standard InChI is InChI=1S/C21H20ClN3O/c1-2-4-16-13-19(23)18-12-17(8-9-20(18)24-16)25-21(26)10-7-14-5-3-6-15(22)11-14/h3,5-13H,2,4H2,1H3,(H2,23,24)(H,25,26)/b10-7+. The first-order valence-corrected chi connectivity index (χ1v) is 8.87. The predicted molar refractivity (Wildman–Crippen MR) is 109 cm³/mol. The molecule has 0 atom stereocenters. The lowest BCUT2D eigenvalue weighted by atomic mass is 10.1. The zero-order chi connectivity index (χ0) is 18.5. The smallest absolute Gasteiger partial charge is 0.248 e. The summed E-state index contributed by atoms with van der Waals surface area (Å²) in [6.45, 7) is 2.11. The number of benzene rings is 2. The molecule has 3 aromatic rings. The molecule has 3 rings (SSSR count). The van der Waals surface area contributed by atoms with Crippen LogP contribution in [0.3, 0.4) is 0 Å². The zero-order valence-corrected chi connectivity index (χ0v) is 15.3. The number of hydrogen-bond acceptors (Lipinski definition) is 3. The number of halogens is 1. The van der Waals surface area contributed by atoms with Crippen molar-refractivity contribution in [3.05, 3.63) is 70.9 Å². The number of aromatic nitrogens is 1. The monoisotopic (exact) mass is 365 g/mol. The van der Waals surface area contributed by atoms with Crippen LogP contribution in [0.1, 0.15) is 24.6 Å². The summed E-state index contributed by atoms with van der Waals surface area (Å²) < 4.78 is 0. The first-order chi connectivity index (χ1) is 12.5. The normalized spacial score (nSPS) is 11.2. The highest BCUT2D eigenvalue weighted by Gasteiger charge is 2.06. The Morgan fingerprint density at radius 1 is 1.23 bits per heavy atom. The number of nitrogen functional groups attached to an aromatic ring is 1. The first kappa shape index (κ1) is 18.0. The van der Waals surface area contributed by atoms with E-state index in [-0.39, 0.29) is 5.91 Å². The van der Waals surface area contributed by atoms with Gasteiger partial charge in [-0.1, -0.05) is 37.1 Å². The maximum atomic E-state index is 12.2. The van der Waals surface area contributed by atoms with Crippen LogP contribution in [0.2, 0.25) is 5.02 Å². The Labute approximate surface area is 157 Å². The summed E-state index contributed by atoms with van der Waals surface area (Å²) >= 11 is 5.94. The van der Waals surface area contributed by atoms with Gasteiger partial charge >= 0.3 is 0 Å². The van der Waals surface area contributed by atoms with Crippen LogP contribution >= 0.6 is 11.6 Å². The molecule has 1 heterocycles. The van der Waals surface area contributed by atoms with E-state index >= 15 is 0 Å². The average Bonchev–Trinajstić information content (AvgIpc) is 2.61. The fraction of sp³-hybridized carbons (Fsp3) is 0.143. The molecule has 0 saturated carbocycles. The number of fused-ring (bicyclic) bond motifs is 1. The van der Waals surface area contributed by atoms with Gasteiger partial charge in [0.15, 0.2) is 0 Å².